The van der Waals surface area contributed by atoms with Crippen molar-refractivity contribution in [1.29, 1.82) is 0 Å². The van der Waals surface area contributed by atoms with Crippen molar-refractivity contribution in [3.8, 4) is 5.75 Å². The van der Waals surface area contributed by atoms with Crippen molar-refractivity contribution in [3.63, 3.8) is 0 Å². The molecule has 0 heterocycles. The van der Waals surface area contributed by atoms with Gasteiger partial charge in [0.15, 0.2) is 0 Å². The van der Waals surface area contributed by atoms with Gasteiger partial charge in [-0.2, -0.15) is 0 Å². The van der Waals surface area contributed by atoms with Gasteiger partial charge in [0.1, 0.15) is 5.75 Å². The largest absolute Gasteiger partial charge is 0.508 e. The lowest BCUT2D eigenvalue weighted by atomic mass is 9.96. The number of benzene rings is 1. The van der Waals surface area contributed by atoms with Crippen LogP contribution in [0.5, 0.6) is 5.75 Å². The molecule has 1 aromatic carbocycles. The highest BCUT2D eigenvalue weighted by molar-refractivity contribution is 5.34. The summed E-state index contributed by atoms with van der Waals surface area (Å²) < 4.78 is 0. The second-order valence-electron chi connectivity index (χ2n) is 3.83. The minimum atomic E-state index is 0.366. The van der Waals surface area contributed by atoms with Crippen LogP contribution < -0.4 is 0 Å². The van der Waals surface area contributed by atoms with Gasteiger partial charge in [-0.1, -0.05) is 26.3 Å². The smallest absolute Gasteiger partial charge is 0.115 e. The fourth-order valence-electron chi connectivity index (χ4n) is 1.43. The molecule has 0 amide bonds. The van der Waals surface area contributed by atoms with E-state index in [-0.39, 0.29) is 0 Å². The van der Waals surface area contributed by atoms with Gasteiger partial charge in [0.05, 0.1) is 0 Å². The van der Waals surface area contributed by atoms with Crippen LogP contribution in [-0.4, -0.2) is 5.11 Å². The molecule has 13 heavy (non-hydrogen) atoms. The number of aryl methyl sites for hydroxylation is 1. The third-order valence-corrected chi connectivity index (χ3v) is 2.59. The Balaban J connectivity index is 2.77. The molecule has 0 aliphatic rings. The van der Waals surface area contributed by atoms with Crippen LogP contribution in [0.4, 0.5) is 0 Å². The molecule has 0 fully saturated rings. The Kier molecular flexibility index (Phi) is 3.35. The molecule has 0 spiro atoms. The minimum Gasteiger partial charge on any atom is -0.508 e. The second kappa shape index (κ2) is 4.31. The molecule has 0 radical (unpaired) electrons. The number of phenols is 1. The van der Waals surface area contributed by atoms with Gasteiger partial charge in [0, 0.05) is 0 Å². The van der Waals surface area contributed by atoms with Crippen LogP contribution in [0.3, 0.4) is 0 Å². The molecule has 0 aliphatic heterocycles. The lowest BCUT2D eigenvalue weighted by Gasteiger charge is -2.10. The van der Waals surface area contributed by atoms with Gasteiger partial charge in [0.2, 0.25) is 0 Å². The van der Waals surface area contributed by atoms with E-state index < -0.39 is 0 Å². The van der Waals surface area contributed by atoms with E-state index in [4.69, 9.17) is 0 Å². The number of phenolic OH excluding ortho intramolecular Hbond substituents is 1. The highest BCUT2D eigenvalue weighted by Crippen LogP contribution is 2.19. The zero-order valence-electron chi connectivity index (χ0n) is 8.67. The van der Waals surface area contributed by atoms with E-state index in [2.05, 4.69) is 20.8 Å². The van der Waals surface area contributed by atoms with Crippen molar-refractivity contribution in [2.45, 2.75) is 33.6 Å². The number of rotatable bonds is 3. The second-order valence-corrected chi connectivity index (χ2v) is 3.83. The first-order chi connectivity index (χ1) is 6.13. The predicted molar refractivity (Wildman–Crippen MR) is 56.0 cm³/mol. The van der Waals surface area contributed by atoms with E-state index in [1.54, 1.807) is 6.07 Å². The lowest BCUT2D eigenvalue weighted by molar-refractivity contribution is 0.474. The molecule has 0 saturated carbocycles. The summed E-state index contributed by atoms with van der Waals surface area (Å²) in [7, 11) is 0. The molecule has 0 saturated heterocycles. The first-order valence-corrected chi connectivity index (χ1v) is 4.92. The van der Waals surface area contributed by atoms with Crippen LogP contribution in [0.15, 0.2) is 18.2 Å². The molecule has 1 N–H and O–H groups in total. The Morgan fingerprint density at radius 1 is 1.38 bits per heavy atom. The van der Waals surface area contributed by atoms with E-state index in [9.17, 15) is 5.11 Å². The van der Waals surface area contributed by atoms with Crippen LogP contribution in [0.25, 0.3) is 0 Å². The monoisotopic (exact) mass is 178 g/mol. The standard InChI is InChI=1S/C12H18O/c1-4-9(2)7-11-5-6-12(13)8-10(11)3/h5-6,8-9,13H,4,7H2,1-3H3/t9-/m0/s1. The molecule has 0 unspecified atom stereocenters. The van der Waals surface area contributed by atoms with Gasteiger partial charge in [-0.3, -0.25) is 0 Å². The van der Waals surface area contributed by atoms with E-state index in [0.29, 0.717) is 5.75 Å². The van der Waals surface area contributed by atoms with E-state index in [0.717, 1.165) is 12.3 Å². The molecule has 1 nitrogen and oxygen atoms in total. The van der Waals surface area contributed by atoms with Crippen LogP contribution in [0, 0.1) is 12.8 Å². The number of hydrogen-bond donors (Lipinski definition) is 1. The van der Waals surface area contributed by atoms with Gasteiger partial charge in [0.25, 0.3) is 0 Å². The quantitative estimate of drug-likeness (QED) is 0.753. The number of hydrogen-bond acceptors (Lipinski definition) is 1. The van der Waals surface area contributed by atoms with Crippen LogP contribution in [0.1, 0.15) is 31.4 Å². The third-order valence-electron chi connectivity index (χ3n) is 2.59. The summed E-state index contributed by atoms with van der Waals surface area (Å²) in [5.74, 6) is 1.09. The maximum Gasteiger partial charge on any atom is 0.115 e. The summed E-state index contributed by atoms with van der Waals surface area (Å²) >= 11 is 0. The molecule has 0 aliphatic carbocycles. The first kappa shape index (κ1) is 10.1. The van der Waals surface area contributed by atoms with E-state index in [1.165, 1.54) is 17.5 Å². The van der Waals surface area contributed by atoms with Crippen molar-refractivity contribution in [1.82, 2.24) is 0 Å². The van der Waals surface area contributed by atoms with Crippen LogP contribution in [-0.2, 0) is 6.42 Å². The highest BCUT2D eigenvalue weighted by Gasteiger charge is 2.04. The summed E-state index contributed by atoms with van der Waals surface area (Å²) in [5.41, 5.74) is 2.55. The predicted octanol–water partition coefficient (Wildman–Crippen LogP) is 3.29. The molecular formula is C12H18O. The Morgan fingerprint density at radius 3 is 2.62 bits per heavy atom. The average molecular weight is 178 g/mol. The Bertz CT molecular complexity index is 278. The maximum absolute atomic E-state index is 9.23. The highest BCUT2D eigenvalue weighted by atomic mass is 16.3. The molecule has 1 rings (SSSR count). The Morgan fingerprint density at radius 2 is 2.08 bits per heavy atom. The fraction of sp³-hybridized carbons (Fsp3) is 0.500. The zero-order chi connectivity index (χ0) is 9.84. The summed E-state index contributed by atoms with van der Waals surface area (Å²) in [6, 6.07) is 5.62. The summed E-state index contributed by atoms with van der Waals surface area (Å²) in [5, 5.41) is 9.23. The normalized spacial score (nSPS) is 12.8. The molecule has 1 atom stereocenters. The fourth-order valence-corrected chi connectivity index (χ4v) is 1.43. The van der Waals surface area contributed by atoms with Crippen LogP contribution in [0.2, 0.25) is 0 Å². The van der Waals surface area contributed by atoms with Crippen molar-refractivity contribution in [2.24, 2.45) is 5.92 Å². The summed E-state index contributed by atoms with van der Waals surface area (Å²) in [6.07, 6.45) is 2.32. The van der Waals surface area contributed by atoms with Gasteiger partial charge in [-0.15, -0.1) is 0 Å². The Hall–Kier alpha value is -0.980. The van der Waals surface area contributed by atoms with Gasteiger partial charge < -0.3 is 5.11 Å². The number of aromatic hydroxyl groups is 1. The van der Waals surface area contributed by atoms with Crippen molar-refractivity contribution >= 4 is 0 Å². The van der Waals surface area contributed by atoms with Crippen LogP contribution >= 0.6 is 0 Å². The van der Waals surface area contributed by atoms with Crippen molar-refractivity contribution in [2.75, 3.05) is 0 Å². The van der Waals surface area contributed by atoms with Crippen molar-refractivity contribution < 1.29 is 5.11 Å². The summed E-state index contributed by atoms with van der Waals surface area (Å²) in [6.45, 7) is 6.52. The molecular weight excluding hydrogens is 160 g/mol. The third kappa shape index (κ3) is 2.76. The maximum atomic E-state index is 9.23. The van der Waals surface area contributed by atoms with E-state index >= 15 is 0 Å². The van der Waals surface area contributed by atoms with Gasteiger partial charge in [-0.25, -0.2) is 0 Å². The SMILES string of the molecule is CC[C@H](C)Cc1ccc(O)cc1C. The minimum absolute atomic E-state index is 0.366. The molecule has 1 heteroatoms. The summed E-state index contributed by atoms with van der Waals surface area (Å²) in [4.78, 5) is 0. The van der Waals surface area contributed by atoms with Gasteiger partial charge >= 0.3 is 0 Å². The molecule has 72 valence electrons. The molecule has 1 aromatic rings. The zero-order valence-corrected chi connectivity index (χ0v) is 8.67. The first-order valence-electron chi connectivity index (χ1n) is 4.92. The van der Waals surface area contributed by atoms with E-state index in [1.807, 2.05) is 12.1 Å². The van der Waals surface area contributed by atoms with Crippen molar-refractivity contribution in [3.05, 3.63) is 29.3 Å². The lowest BCUT2D eigenvalue weighted by Crippen LogP contribution is -1.99. The molecule has 0 bridgehead atoms. The molecule has 0 aromatic heterocycles. The topological polar surface area (TPSA) is 20.2 Å². The van der Waals surface area contributed by atoms with Gasteiger partial charge in [-0.05, 0) is 42.5 Å². The average Bonchev–Trinajstić information content (AvgIpc) is 2.09. The Labute approximate surface area is 80.4 Å².